The molecule has 2 aliphatic rings. The molecule has 0 spiro atoms. The molecule has 2 aromatic rings. The van der Waals surface area contributed by atoms with E-state index in [4.69, 9.17) is 5.11 Å². The Labute approximate surface area is 189 Å². The van der Waals surface area contributed by atoms with E-state index in [1.807, 2.05) is 0 Å². The van der Waals surface area contributed by atoms with E-state index in [1.54, 1.807) is 35.2 Å². The highest BCUT2D eigenvalue weighted by molar-refractivity contribution is 8.18. The Morgan fingerprint density at radius 3 is 2.31 bits per heavy atom. The van der Waals surface area contributed by atoms with Crippen molar-refractivity contribution in [3.8, 4) is 0 Å². The molecule has 0 radical (unpaired) electrons. The zero-order valence-corrected chi connectivity index (χ0v) is 18.0. The van der Waals surface area contributed by atoms with Gasteiger partial charge in [-0.15, -0.1) is 0 Å². The van der Waals surface area contributed by atoms with Crippen LogP contribution in [0.5, 0.6) is 0 Å². The van der Waals surface area contributed by atoms with Crippen molar-refractivity contribution in [2.75, 3.05) is 0 Å². The van der Waals surface area contributed by atoms with E-state index in [-0.39, 0.29) is 23.1 Å². The number of hydrogen-bond donors (Lipinski definition) is 2. The maximum absolute atomic E-state index is 13.3. The number of nitrogens with zero attached hydrogens (tertiary/aromatic N) is 2. The van der Waals surface area contributed by atoms with Gasteiger partial charge in [0, 0.05) is 6.04 Å². The maximum atomic E-state index is 13.3. The molecule has 1 heterocycles. The van der Waals surface area contributed by atoms with Crippen LogP contribution < -0.4 is 0 Å². The van der Waals surface area contributed by atoms with E-state index in [9.17, 15) is 19.5 Å². The van der Waals surface area contributed by atoms with Crippen molar-refractivity contribution in [2.24, 2.45) is 4.99 Å². The minimum absolute atomic E-state index is 0.0606. The highest BCUT2D eigenvalue weighted by Gasteiger charge is 2.38. The number of amidine groups is 1. The first kappa shape index (κ1) is 21.8. The number of amides is 1. The van der Waals surface area contributed by atoms with Crippen molar-refractivity contribution in [1.82, 2.24) is 4.90 Å². The molecule has 1 amide bonds. The number of hydrogen-bond acceptors (Lipinski definition) is 5. The number of carboxylic acid groups (broad SMARTS) is 2. The fourth-order valence-electron chi connectivity index (χ4n) is 3.92. The van der Waals surface area contributed by atoms with Crippen LogP contribution in [0.4, 0.5) is 5.69 Å². The molecule has 1 saturated carbocycles. The summed E-state index contributed by atoms with van der Waals surface area (Å²) in [5.41, 5.74) is 1.53. The van der Waals surface area contributed by atoms with Crippen molar-refractivity contribution in [3.05, 3.63) is 70.1 Å². The summed E-state index contributed by atoms with van der Waals surface area (Å²) in [6.07, 6.45) is 6.80. The van der Waals surface area contributed by atoms with Gasteiger partial charge in [0.05, 0.1) is 21.7 Å². The van der Waals surface area contributed by atoms with Gasteiger partial charge in [0.1, 0.15) is 0 Å². The Morgan fingerprint density at radius 1 is 0.969 bits per heavy atom. The number of carbonyl (C=O) groups excluding carboxylic acids is 1. The number of benzene rings is 2. The molecular weight excluding hydrogens is 428 g/mol. The van der Waals surface area contributed by atoms with Crippen molar-refractivity contribution in [2.45, 2.75) is 38.1 Å². The van der Waals surface area contributed by atoms with E-state index >= 15 is 0 Å². The molecule has 7 nitrogen and oxygen atoms in total. The van der Waals surface area contributed by atoms with Crippen LogP contribution in [0.25, 0.3) is 6.08 Å². The van der Waals surface area contributed by atoms with Gasteiger partial charge in [0.2, 0.25) is 0 Å². The molecule has 1 saturated heterocycles. The van der Waals surface area contributed by atoms with E-state index in [2.05, 4.69) is 4.99 Å². The second kappa shape index (κ2) is 9.40. The number of rotatable bonds is 5. The number of aromatic carboxylic acids is 2. The Kier molecular flexibility index (Phi) is 6.41. The standard InChI is InChI=1S/C24H22N2O5S/c27-21-20(13-15-9-11-16(12-10-15)22(28)29)32-24(26(21)19-7-2-1-3-8-19)25-18-6-4-5-17(14-18)23(30)31/h4-6,9-14,19H,1-3,7-8H2,(H,28,29)(H,30,31)/b20-13-,25-24?. The molecule has 2 fully saturated rings. The van der Waals surface area contributed by atoms with Crippen LogP contribution in [0, 0.1) is 0 Å². The quantitative estimate of drug-likeness (QED) is 0.620. The fourth-order valence-corrected chi connectivity index (χ4v) is 4.98. The minimum atomic E-state index is -1.03. The average Bonchev–Trinajstić information content (AvgIpc) is 3.09. The molecule has 0 aromatic heterocycles. The van der Waals surface area contributed by atoms with Crippen LogP contribution in [-0.4, -0.2) is 44.2 Å². The van der Waals surface area contributed by atoms with Crippen LogP contribution >= 0.6 is 11.8 Å². The number of aliphatic imine (C=N–C) groups is 1. The average molecular weight is 451 g/mol. The van der Waals surface area contributed by atoms with Crippen LogP contribution in [-0.2, 0) is 4.79 Å². The first-order valence-electron chi connectivity index (χ1n) is 10.4. The highest BCUT2D eigenvalue weighted by atomic mass is 32.2. The number of carbonyl (C=O) groups is 3. The molecule has 2 aromatic carbocycles. The molecule has 4 rings (SSSR count). The normalized spacial score (nSPS) is 19.6. The molecule has 32 heavy (non-hydrogen) atoms. The summed E-state index contributed by atoms with van der Waals surface area (Å²) in [7, 11) is 0. The van der Waals surface area contributed by atoms with Gasteiger partial charge in [-0.05, 0) is 66.6 Å². The van der Waals surface area contributed by atoms with Crippen LogP contribution in [0.3, 0.4) is 0 Å². The van der Waals surface area contributed by atoms with Gasteiger partial charge in [-0.3, -0.25) is 9.69 Å². The zero-order valence-electron chi connectivity index (χ0n) is 17.2. The first-order chi connectivity index (χ1) is 15.4. The lowest BCUT2D eigenvalue weighted by Crippen LogP contribution is -2.40. The summed E-state index contributed by atoms with van der Waals surface area (Å²) in [6.45, 7) is 0. The van der Waals surface area contributed by atoms with E-state index < -0.39 is 11.9 Å². The summed E-state index contributed by atoms with van der Waals surface area (Å²) < 4.78 is 0. The molecule has 1 aliphatic carbocycles. The predicted octanol–water partition coefficient (Wildman–Crippen LogP) is 5.02. The lowest BCUT2D eigenvalue weighted by Gasteiger charge is -2.30. The van der Waals surface area contributed by atoms with Crippen molar-refractivity contribution in [3.63, 3.8) is 0 Å². The molecule has 8 heteroatoms. The Hall–Kier alpha value is -3.39. The summed E-state index contributed by atoms with van der Waals surface area (Å²) in [4.78, 5) is 42.6. The smallest absolute Gasteiger partial charge is 0.335 e. The molecule has 0 bridgehead atoms. The van der Waals surface area contributed by atoms with Gasteiger partial charge in [0.25, 0.3) is 5.91 Å². The van der Waals surface area contributed by atoms with Crippen molar-refractivity contribution in [1.29, 1.82) is 0 Å². The third-order valence-corrected chi connectivity index (χ3v) is 6.53. The molecule has 2 N–H and O–H groups in total. The summed E-state index contributed by atoms with van der Waals surface area (Å²) in [5, 5.41) is 18.9. The van der Waals surface area contributed by atoms with E-state index in [0.717, 1.165) is 37.7 Å². The predicted molar refractivity (Wildman–Crippen MR) is 123 cm³/mol. The van der Waals surface area contributed by atoms with Gasteiger partial charge < -0.3 is 10.2 Å². The zero-order chi connectivity index (χ0) is 22.7. The summed E-state index contributed by atoms with van der Waals surface area (Å²) in [6, 6.07) is 12.8. The van der Waals surface area contributed by atoms with Crippen LogP contribution in [0.15, 0.2) is 58.4 Å². The van der Waals surface area contributed by atoms with Gasteiger partial charge >= 0.3 is 11.9 Å². The van der Waals surface area contributed by atoms with Gasteiger partial charge in [-0.1, -0.05) is 37.5 Å². The second-order valence-corrected chi connectivity index (χ2v) is 8.76. The van der Waals surface area contributed by atoms with E-state index in [1.165, 1.54) is 36.0 Å². The molecule has 1 aliphatic heterocycles. The number of thioether (sulfide) groups is 1. The Balaban J connectivity index is 1.69. The van der Waals surface area contributed by atoms with Gasteiger partial charge in [-0.2, -0.15) is 0 Å². The molecule has 0 atom stereocenters. The van der Waals surface area contributed by atoms with Crippen molar-refractivity contribution < 1.29 is 24.6 Å². The largest absolute Gasteiger partial charge is 0.478 e. The van der Waals surface area contributed by atoms with Crippen LogP contribution in [0.2, 0.25) is 0 Å². The van der Waals surface area contributed by atoms with Gasteiger partial charge in [-0.25, -0.2) is 14.6 Å². The molecule has 164 valence electrons. The second-order valence-electron chi connectivity index (χ2n) is 7.75. The van der Waals surface area contributed by atoms with E-state index in [0.29, 0.717) is 15.8 Å². The fraction of sp³-hybridized carbons (Fsp3) is 0.250. The monoisotopic (exact) mass is 450 g/mol. The summed E-state index contributed by atoms with van der Waals surface area (Å²) >= 11 is 1.26. The Bertz CT molecular complexity index is 1120. The SMILES string of the molecule is O=C(O)c1ccc(/C=C2\SC(=Nc3cccc(C(=O)O)c3)N(C3CCCCC3)C2=O)cc1. The molecular formula is C24H22N2O5S. The minimum Gasteiger partial charge on any atom is -0.478 e. The third kappa shape index (κ3) is 4.75. The van der Waals surface area contributed by atoms with Crippen molar-refractivity contribution >= 4 is 46.5 Å². The van der Waals surface area contributed by atoms with Gasteiger partial charge in [0.15, 0.2) is 5.17 Å². The first-order valence-corrected chi connectivity index (χ1v) is 11.2. The van der Waals surface area contributed by atoms with Crippen LogP contribution in [0.1, 0.15) is 58.4 Å². The summed E-state index contributed by atoms with van der Waals surface area (Å²) in [5.74, 6) is -2.16. The number of carboxylic acids is 2. The highest BCUT2D eigenvalue weighted by Crippen LogP contribution is 2.38. The lowest BCUT2D eigenvalue weighted by atomic mass is 9.94. The third-order valence-electron chi connectivity index (χ3n) is 5.55. The molecule has 0 unspecified atom stereocenters. The Morgan fingerprint density at radius 2 is 1.66 bits per heavy atom. The maximum Gasteiger partial charge on any atom is 0.335 e. The lowest BCUT2D eigenvalue weighted by molar-refractivity contribution is -0.124. The topological polar surface area (TPSA) is 107 Å².